The van der Waals surface area contributed by atoms with Crippen molar-refractivity contribution >= 4 is 17.7 Å². The van der Waals surface area contributed by atoms with Crippen LogP contribution in [0.2, 0.25) is 0 Å². The number of carbonyl (C=O) groups excluding carboxylic acids is 3. The molecule has 6 heteroatoms. The van der Waals surface area contributed by atoms with Gasteiger partial charge in [0, 0.05) is 24.8 Å². The van der Waals surface area contributed by atoms with Gasteiger partial charge in [-0.05, 0) is 49.9 Å². The van der Waals surface area contributed by atoms with Crippen LogP contribution >= 0.6 is 0 Å². The maximum atomic E-state index is 12.8. The quantitative estimate of drug-likeness (QED) is 0.834. The Bertz CT molecular complexity index is 782. The van der Waals surface area contributed by atoms with Crippen LogP contribution < -0.4 is 5.32 Å². The van der Waals surface area contributed by atoms with Crippen LogP contribution in [-0.4, -0.2) is 39.6 Å². The van der Waals surface area contributed by atoms with Crippen LogP contribution in [0.1, 0.15) is 58.5 Å². The molecule has 1 N–H and O–H groups in total. The van der Waals surface area contributed by atoms with Crippen LogP contribution in [0.3, 0.4) is 0 Å². The zero-order chi connectivity index (χ0) is 17.9. The minimum Gasteiger partial charge on any atom is -0.329 e. The molecular weight excluding hydrogens is 318 g/mol. The van der Waals surface area contributed by atoms with Crippen LogP contribution in [0, 0.1) is 0 Å². The molecule has 1 aromatic carbocycles. The Morgan fingerprint density at radius 3 is 2.12 bits per heavy atom. The fourth-order valence-electron chi connectivity index (χ4n) is 3.84. The number of imide groups is 1. The zero-order valence-corrected chi connectivity index (χ0v) is 14.5. The van der Waals surface area contributed by atoms with E-state index in [1.165, 1.54) is 0 Å². The lowest BCUT2D eigenvalue weighted by molar-refractivity contribution is -0.125. The summed E-state index contributed by atoms with van der Waals surface area (Å²) in [7, 11) is 0. The fourth-order valence-corrected chi connectivity index (χ4v) is 3.84. The minimum absolute atomic E-state index is 0.329. The van der Waals surface area contributed by atoms with Crippen LogP contribution in [0.5, 0.6) is 0 Å². The van der Waals surface area contributed by atoms with Gasteiger partial charge >= 0.3 is 0 Å². The molecule has 0 saturated carbocycles. The van der Waals surface area contributed by atoms with Gasteiger partial charge in [-0.2, -0.15) is 0 Å². The first kappa shape index (κ1) is 16.0. The van der Waals surface area contributed by atoms with Crippen molar-refractivity contribution in [1.29, 1.82) is 0 Å². The molecule has 0 spiro atoms. The first-order valence-electron chi connectivity index (χ1n) is 8.63. The Balaban J connectivity index is 1.66. The van der Waals surface area contributed by atoms with E-state index in [9.17, 15) is 14.4 Å². The molecule has 130 valence electrons. The molecule has 1 aromatic rings. The molecule has 3 heterocycles. The molecule has 3 aliphatic rings. The molecule has 1 fully saturated rings. The lowest BCUT2D eigenvalue weighted by Gasteiger charge is -2.29. The highest BCUT2D eigenvalue weighted by molar-refractivity contribution is 6.23. The highest BCUT2D eigenvalue weighted by Crippen LogP contribution is 2.34. The van der Waals surface area contributed by atoms with Crippen LogP contribution in [0.4, 0.5) is 0 Å². The molecule has 1 saturated heterocycles. The van der Waals surface area contributed by atoms with Gasteiger partial charge in [-0.1, -0.05) is 6.58 Å². The molecule has 4 rings (SSSR count). The molecule has 0 aromatic heterocycles. The Hall–Kier alpha value is -2.47. The lowest BCUT2D eigenvalue weighted by Crippen LogP contribution is -2.51. The standard InChI is InChI=1S/C19H21N3O3/c1-10(2)21-8-12-6-14-15(7-13(12)9-21)19(25)22(18(14)24)16-5-4-11(3)20-17(16)23/h6-7,10,16H,3-5,8-9H2,1-2H3,(H,20,23). The molecule has 1 unspecified atom stereocenters. The summed E-state index contributed by atoms with van der Waals surface area (Å²) in [5.41, 5.74) is 3.66. The van der Waals surface area contributed by atoms with Crippen molar-refractivity contribution in [3.8, 4) is 0 Å². The molecule has 3 amide bonds. The van der Waals surface area contributed by atoms with E-state index < -0.39 is 6.04 Å². The molecule has 1 atom stereocenters. The lowest BCUT2D eigenvalue weighted by atomic mass is 10.0. The molecular formula is C19H21N3O3. The third-order valence-corrected chi connectivity index (χ3v) is 5.35. The van der Waals surface area contributed by atoms with Gasteiger partial charge in [0.25, 0.3) is 11.8 Å². The monoisotopic (exact) mass is 339 g/mol. The Kier molecular flexibility index (Phi) is 3.54. The van der Waals surface area contributed by atoms with Crippen molar-refractivity contribution in [2.24, 2.45) is 0 Å². The largest absolute Gasteiger partial charge is 0.329 e. The maximum Gasteiger partial charge on any atom is 0.262 e. The molecule has 0 bridgehead atoms. The number of allylic oxidation sites excluding steroid dienone is 1. The fraction of sp³-hybridized carbons (Fsp3) is 0.421. The van der Waals surface area contributed by atoms with Crippen molar-refractivity contribution in [1.82, 2.24) is 15.1 Å². The number of nitrogens with zero attached hydrogens (tertiary/aromatic N) is 2. The average molecular weight is 339 g/mol. The highest BCUT2D eigenvalue weighted by atomic mass is 16.2. The van der Waals surface area contributed by atoms with E-state index >= 15 is 0 Å². The number of fused-ring (bicyclic) bond motifs is 2. The van der Waals surface area contributed by atoms with Gasteiger partial charge < -0.3 is 5.32 Å². The Morgan fingerprint density at radius 2 is 1.64 bits per heavy atom. The summed E-state index contributed by atoms with van der Waals surface area (Å²) < 4.78 is 0. The van der Waals surface area contributed by atoms with E-state index in [1.807, 2.05) is 12.1 Å². The van der Waals surface area contributed by atoms with Gasteiger partial charge in [-0.25, -0.2) is 0 Å². The Morgan fingerprint density at radius 1 is 1.08 bits per heavy atom. The number of hydrogen-bond acceptors (Lipinski definition) is 4. The highest BCUT2D eigenvalue weighted by Gasteiger charge is 2.44. The van der Waals surface area contributed by atoms with Gasteiger partial charge in [0.2, 0.25) is 5.91 Å². The van der Waals surface area contributed by atoms with Gasteiger partial charge in [0.15, 0.2) is 0 Å². The summed E-state index contributed by atoms with van der Waals surface area (Å²) in [4.78, 5) is 41.3. The number of amides is 3. The van der Waals surface area contributed by atoms with E-state index in [-0.39, 0.29) is 17.7 Å². The summed E-state index contributed by atoms with van der Waals surface area (Å²) in [5, 5.41) is 2.65. The molecule has 0 aliphatic carbocycles. The smallest absolute Gasteiger partial charge is 0.262 e. The van der Waals surface area contributed by atoms with Crippen LogP contribution in [0.15, 0.2) is 24.4 Å². The summed E-state index contributed by atoms with van der Waals surface area (Å²) in [6.07, 6.45) is 1.00. The average Bonchev–Trinajstić information content (AvgIpc) is 3.07. The topological polar surface area (TPSA) is 69.7 Å². The van der Waals surface area contributed by atoms with Crippen molar-refractivity contribution in [3.63, 3.8) is 0 Å². The van der Waals surface area contributed by atoms with Gasteiger partial charge in [0.1, 0.15) is 6.04 Å². The molecule has 6 nitrogen and oxygen atoms in total. The second-order valence-corrected chi connectivity index (χ2v) is 7.29. The van der Waals surface area contributed by atoms with E-state index in [0.717, 1.165) is 29.1 Å². The second kappa shape index (κ2) is 5.52. The van der Waals surface area contributed by atoms with Crippen molar-refractivity contribution in [2.75, 3.05) is 0 Å². The van der Waals surface area contributed by atoms with Gasteiger partial charge in [0.05, 0.1) is 11.1 Å². The summed E-state index contributed by atoms with van der Waals surface area (Å²) >= 11 is 0. The number of rotatable bonds is 2. The van der Waals surface area contributed by atoms with Gasteiger partial charge in [-0.15, -0.1) is 0 Å². The van der Waals surface area contributed by atoms with Crippen LogP contribution in [-0.2, 0) is 17.9 Å². The number of benzene rings is 1. The zero-order valence-electron chi connectivity index (χ0n) is 14.5. The van der Waals surface area contributed by atoms with E-state index in [2.05, 4.69) is 30.6 Å². The molecule has 3 aliphatic heterocycles. The minimum atomic E-state index is -0.750. The number of nitrogens with one attached hydrogen (secondary N) is 1. The molecule has 25 heavy (non-hydrogen) atoms. The normalized spacial score (nSPS) is 23.3. The predicted octanol–water partition coefficient (Wildman–Crippen LogP) is 1.80. The SMILES string of the molecule is C=C1CCC(N2C(=O)c3cc4c(cc3C2=O)CN(C(C)C)C4)C(=O)N1. The second-order valence-electron chi connectivity index (χ2n) is 7.29. The van der Waals surface area contributed by atoms with Crippen molar-refractivity contribution in [3.05, 3.63) is 46.7 Å². The summed E-state index contributed by atoms with van der Waals surface area (Å²) in [6.45, 7) is 9.57. The maximum absolute atomic E-state index is 12.8. The van der Waals surface area contributed by atoms with E-state index in [4.69, 9.17) is 0 Å². The summed E-state index contributed by atoms with van der Waals surface area (Å²) in [5.74, 6) is -1.05. The van der Waals surface area contributed by atoms with E-state index in [1.54, 1.807) is 0 Å². The number of piperidine rings is 1. The Labute approximate surface area is 146 Å². The number of carbonyl (C=O) groups is 3. The van der Waals surface area contributed by atoms with Crippen molar-refractivity contribution < 1.29 is 14.4 Å². The van der Waals surface area contributed by atoms with Crippen LogP contribution in [0.25, 0.3) is 0 Å². The predicted molar refractivity (Wildman–Crippen MR) is 91.6 cm³/mol. The third kappa shape index (κ3) is 2.40. The first-order chi connectivity index (χ1) is 11.9. The first-order valence-corrected chi connectivity index (χ1v) is 8.63. The summed E-state index contributed by atoms with van der Waals surface area (Å²) in [6, 6.07) is 3.34. The third-order valence-electron chi connectivity index (χ3n) is 5.35. The van der Waals surface area contributed by atoms with Crippen molar-refractivity contribution in [2.45, 2.75) is 51.9 Å². The molecule has 0 radical (unpaired) electrons. The van der Waals surface area contributed by atoms with Gasteiger partial charge in [-0.3, -0.25) is 24.2 Å². The number of hydrogen-bond donors (Lipinski definition) is 1. The van der Waals surface area contributed by atoms with E-state index in [0.29, 0.717) is 35.7 Å².